The molecule has 0 aliphatic heterocycles. The highest BCUT2D eigenvalue weighted by Crippen LogP contribution is 2.76. The largest absolute Gasteiger partial charge is 0.192 e. The number of allylic oxidation sites excluding steroid dienone is 8. The lowest BCUT2D eigenvalue weighted by Crippen LogP contribution is -2.40. The molecule has 4 atom stereocenters. The van der Waals surface area contributed by atoms with Crippen LogP contribution in [-0.4, -0.2) is 0 Å². The summed E-state index contributed by atoms with van der Waals surface area (Å²) in [5, 5.41) is 41.5. The summed E-state index contributed by atoms with van der Waals surface area (Å²) in [7, 11) is 0. The SMILES string of the molecule is N#CC(C#N)=C1[C@H]2C(c3ccccc3)=C(c3ccccc3)[C@@H]1[C@]1(c3ccccc3)C(c3ccccc3)=CC(=C(C#N)C#N)[C@H]21. The van der Waals surface area contributed by atoms with Crippen LogP contribution in [0.25, 0.3) is 16.7 Å². The van der Waals surface area contributed by atoms with Crippen LogP contribution in [0.1, 0.15) is 22.3 Å². The number of benzene rings is 4. The van der Waals surface area contributed by atoms with Gasteiger partial charge in [0, 0.05) is 23.2 Å². The first-order valence-electron chi connectivity index (χ1n) is 14.5. The molecule has 2 bridgehead atoms. The van der Waals surface area contributed by atoms with E-state index >= 15 is 0 Å². The van der Waals surface area contributed by atoms with E-state index in [9.17, 15) is 21.0 Å². The van der Waals surface area contributed by atoms with Crippen molar-refractivity contribution in [3.8, 4) is 24.3 Å². The minimum Gasteiger partial charge on any atom is -0.192 e. The zero-order chi connectivity index (χ0) is 30.3. The molecule has 4 nitrogen and oxygen atoms in total. The lowest BCUT2D eigenvalue weighted by molar-refractivity contribution is 0.399. The number of nitrogens with zero attached hydrogens (tertiary/aromatic N) is 4. The fourth-order valence-corrected chi connectivity index (χ4v) is 8.07. The van der Waals surface area contributed by atoms with Gasteiger partial charge in [0.1, 0.15) is 35.4 Å². The van der Waals surface area contributed by atoms with Gasteiger partial charge >= 0.3 is 0 Å². The second-order valence-corrected chi connectivity index (χ2v) is 11.2. The summed E-state index contributed by atoms with van der Waals surface area (Å²) in [5.41, 5.74) is 7.85. The Hall–Kier alpha value is -6.20. The van der Waals surface area contributed by atoms with Crippen LogP contribution in [0.4, 0.5) is 0 Å². The van der Waals surface area contributed by atoms with Gasteiger partial charge in [-0.05, 0) is 50.1 Å². The Labute approximate surface area is 256 Å². The maximum Gasteiger partial charge on any atom is 0.133 e. The molecule has 1 fully saturated rings. The predicted molar refractivity (Wildman–Crippen MR) is 169 cm³/mol. The first kappa shape index (κ1) is 26.7. The summed E-state index contributed by atoms with van der Waals surface area (Å²) in [5.74, 6) is -1.22. The van der Waals surface area contributed by atoms with Gasteiger partial charge in [-0.2, -0.15) is 21.0 Å². The number of nitriles is 4. The first-order valence-corrected chi connectivity index (χ1v) is 14.5. The molecule has 44 heavy (non-hydrogen) atoms. The van der Waals surface area contributed by atoms with Crippen molar-refractivity contribution in [2.75, 3.05) is 0 Å². The van der Waals surface area contributed by atoms with Crippen molar-refractivity contribution in [1.29, 1.82) is 21.0 Å². The lowest BCUT2D eigenvalue weighted by atomic mass is 9.56. The third-order valence-electron chi connectivity index (χ3n) is 9.43. The number of rotatable bonds is 4. The molecule has 0 spiro atoms. The number of hydrogen-bond acceptors (Lipinski definition) is 4. The van der Waals surface area contributed by atoms with Crippen molar-refractivity contribution >= 4 is 16.7 Å². The molecule has 0 saturated heterocycles. The van der Waals surface area contributed by atoms with Gasteiger partial charge in [0.05, 0.1) is 0 Å². The van der Waals surface area contributed by atoms with Gasteiger partial charge in [-0.3, -0.25) is 0 Å². The number of fused-ring (bicyclic) bond motifs is 5. The standard InChI is InChI=1S/C40H24N4/c41-22-29(23-42)32-21-33(26-13-5-1-6-14-26)40(31-19-11-4-12-20-31)38(32)37-34(27-15-7-2-8-16-27)35(28-17-9-3-10-18-28)39(40)36(37)30(24-43)25-44/h1-21,37-39H/t37-,38-,39+,40-/m1/s1. The Morgan fingerprint density at radius 1 is 0.523 bits per heavy atom. The molecule has 0 amide bonds. The molecule has 0 unspecified atom stereocenters. The third kappa shape index (κ3) is 3.60. The van der Waals surface area contributed by atoms with Crippen LogP contribution in [0.3, 0.4) is 0 Å². The summed E-state index contributed by atoms with van der Waals surface area (Å²) < 4.78 is 0. The van der Waals surface area contributed by atoms with Gasteiger partial charge in [-0.25, -0.2) is 0 Å². The van der Waals surface area contributed by atoms with Crippen LogP contribution < -0.4 is 0 Å². The summed E-state index contributed by atoms with van der Waals surface area (Å²) in [4.78, 5) is 0. The minimum absolute atomic E-state index is 0.0530. The molecule has 7 rings (SSSR count). The quantitative estimate of drug-likeness (QED) is 0.235. The van der Waals surface area contributed by atoms with E-state index in [4.69, 9.17) is 0 Å². The van der Waals surface area contributed by atoms with E-state index in [2.05, 4.69) is 72.8 Å². The van der Waals surface area contributed by atoms with Crippen molar-refractivity contribution in [2.24, 2.45) is 17.8 Å². The van der Waals surface area contributed by atoms with Gasteiger partial charge in [0.15, 0.2) is 0 Å². The van der Waals surface area contributed by atoms with E-state index in [1.165, 1.54) is 0 Å². The first-order chi connectivity index (χ1) is 21.7. The van der Waals surface area contributed by atoms with Crippen molar-refractivity contribution < 1.29 is 0 Å². The zero-order valence-corrected chi connectivity index (χ0v) is 23.6. The smallest absolute Gasteiger partial charge is 0.133 e. The molecule has 0 aromatic heterocycles. The fraction of sp³-hybridized carbons (Fsp3) is 0.100. The molecule has 4 aromatic rings. The fourth-order valence-electron chi connectivity index (χ4n) is 8.07. The van der Waals surface area contributed by atoms with Gasteiger partial charge in [-0.15, -0.1) is 0 Å². The highest BCUT2D eigenvalue weighted by atomic mass is 14.7. The topological polar surface area (TPSA) is 95.2 Å². The van der Waals surface area contributed by atoms with Crippen LogP contribution >= 0.6 is 0 Å². The van der Waals surface area contributed by atoms with Gasteiger partial charge in [0.25, 0.3) is 0 Å². The Morgan fingerprint density at radius 3 is 1.48 bits per heavy atom. The summed E-state index contributed by atoms with van der Waals surface area (Å²) >= 11 is 0. The average Bonchev–Trinajstić information content (AvgIpc) is 3.72. The molecule has 4 aromatic carbocycles. The Morgan fingerprint density at radius 2 is 0.977 bits per heavy atom. The second-order valence-electron chi connectivity index (χ2n) is 11.2. The molecule has 0 radical (unpaired) electrons. The minimum atomic E-state index is -0.792. The van der Waals surface area contributed by atoms with E-state index in [1.807, 2.05) is 78.9 Å². The molecular weight excluding hydrogens is 536 g/mol. The molecule has 0 heterocycles. The van der Waals surface area contributed by atoms with E-state index in [0.717, 1.165) is 44.5 Å². The summed E-state index contributed by atoms with van der Waals surface area (Å²) in [6, 6.07) is 49.4. The van der Waals surface area contributed by atoms with E-state index in [-0.39, 0.29) is 11.1 Å². The summed E-state index contributed by atoms with van der Waals surface area (Å²) in [6.07, 6.45) is 2.04. The molecule has 3 aliphatic carbocycles. The van der Waals surface area contributed by atoms with Crippen LogP contribution in [0.2, 0.25) is 0 Å². The molecule has 0 N–H and O–H groups in total. The van der Waals surface area contributed by atoms with Crippen LogP contribution in [0.15, 0.2) is 150 Å². The monoisotopic (exact) mass is 560 g/mol. The predicted octanol–water partition coefficient (Wildman–Crippen LogP) is 8.20. The Balaban J connectivity index is 1.73. The molecule has 1 saturated carbocycles. The Kier molecular flexibility index (Phi) is 6.41. The van der Waals surface area contributed by atoms with Crippen LogP contribution in [0, 0.1) is 63.1 Å². The van der Waals surface area contributed by atoms with Gasteiger partial charge in [0.2, 0.25) is 0 Å². The van der Waals surface area contributed by atoms with E-state index in [0.29, 0.717) is 5.57 Å². The number of hydrogen-bond donors (Lipinski definition) is 0. The van der Waals surface area contributed by atoms with Gasteiger partial charge in [-0.1, -0.05) is 127 Å². The van der Waals surface area contributed by atoms with Crippen molar-refractivity contribution in [1.82, 2.24) is 0 Å². The second kappa shape index (κ2) is 10.6. The van der Waals surface area contributed by atoms with Crippen LogP contribution in [0.5, 0.6) is 0 Å². The maximum absolute atomic E-state index is 10.5. The highest BCUT2D eigenvalue weighted by molar-refractivity contribution is 6.06. The molecule has 204 valence electrons. The molecule has 4 heteroatoms. The molecular formula is C40H24N4. The van der Waals surface area contributed by atoms with Crippen molar-refractivity contribution in [3.63, 3.8) is 0 Å². The zero-order valence-electron chi connectivity index (χ0n) is 23.6. The third-order valence-corrected chi connectivity index (χ3v) is 9.43. The summed E-state index contributed by atoms with van der Waals surface area (Å²) in [6.45, 7) is 0. The normalized spacial score (nSPS) is 22.7. The Bertz CT molecular complexity index is 2060. The highest BCUT2D eigenvalue weighted by Gasteiger charge is 2.70. The van der Waals surface area contributed by atoms with Crippen LogP contribution in [-0.2, 0) is 5.41 Å². The molecule has 3 aliphatic rings. The van der Waals surface area contributed by atoms with E-state index in [1.54, 1.807) is 0 Å². The average molecular weight is 561 g/mol. The van der Waals surface area contributed by atoms with Crippen molar-refractivity contribution in [3.05, 3.63) is 172 Å². The van der Waals surface area contributed by atoms with Crippen molar-refractivity contribution in [2.45, 2.75) is 5.41 Å². The van der Waals surface area contributed by atoms with Gasteiger partial charge < -0.3 is 0 Å². The van der Waals surface area contributed by atoms with E-state index < -0.39 is 23.2 Å². The maximum atomic E-state index is 10.5. The lowest BCUT2D eigenvalue weighted by Gasteiger charge is -2.44.